The van der Waals surface area contributed by atoms with E-state index in [0.717, 1.165) is 22.0 Å². The molecule has 3 heterocycles. The molecule has 0 spiro atoms. The third-order valence-corrected chi connectivity index (χ3v) is 9.59. The first-order chi connectivity index (χ1) is 22.6. The molecular weight excluding hydrogens is 688 g/mol. The normalized spacial score (nSPS) is 14.6. The lowest BCUT2D eigenvalue weighted by Crippen LogP contribution is -2.40. The molecule has 240 valence electrons. The fourth-order valence-corrected chi connectivity index (χ4v) is 7.32. The molecule has 1 aliphatic heterocycles. The van der Waals surface area contributed by atoms with Gasteiger partial charge in [-0.2, -0.15) is 0 Å². The molecule has 11 nitrogen and oxygen atoms in total. The number of nitrogens with zero attached hydrogens (tertiary/aromatic N) is 4. The van der Waals surface area contributed by atoms with E-state index in [0.29, 0.717) is 43.1 Å². The topological polar surface area (TPSA) is 127 Å². The SMILES string of the molecule is CCOC(=O)C1=C(C)N=c2s/c(=C\c3cn(Cc4ccc([N+](=O)[O-])cc4)c4ccccc34)c(=O)n2[C@H]1c1cc(OC)c(OC)cc1Br. The van der Waals surface area contributed by atoms with Crippen LogP contribution in [0.1, 0.15) is 36.6 Å². The van der Waals surface area contributed by atoms with Crippen molar-refractivity contribution >= 4 is 55.9 Å². The summed E-state index contributed by atoms with van der Waals surface area (Å²) in [7, 11) is 3.05. The number of carbonyl (C=O) groups is 1. The highest BCUT2D eigenvalue weighted by Crippen LogP contribution is 2.41. The lowest BCUT2D eigenvalue weighted by atomic mass is 9.95. The molecule has 0 fully saturated rings. The van der Waals surface area contributed by atoms with Crippen LogP contribution in [0.2, 0.25) is 0 Å². The second-order valence-corrected chi connectivity index (χ2v) is 12.5. The molecule has 6 rings (SSSR count). The first-order valence-electron chi connectivity index (χ1n) is 14.6. The molecule has 47 heavy (non-hydrogen) atoms. The zero-order chi connectivity index (χ0) is 33.4. The number of methoxy groups -OCH3 is 2. The van der Waals surface area contributed by atoms with Gasteiger partial charge < -0.3 is 18.8 Å². The molecule has 3 aromatic carbocycles. The lowest BCUT2D eigenvalue weighted by Gasteiger charge is -2.26. The number of nitro groups is 1. The van der Waals surface area contributed by atoms with E-state index in [1.165, 1.54) is 42.3 Å². The van der Waals surface area contributed by atoms with Crippen LogP contribution in [0.5, 0.6) is 11.5 Å². The summed E-state index contributed by atoms with van der Waals surface area (Å²) >= 11 is 4.86. The molecule has 0 saturated heterocycles. The van der Waals surface area contributed by atoms with Gasteiger partial charge in [-0.25, -0.2) is 9.79 Å². The van der Waals surface area contributed by atoms with E-state index >= 15 is 0 Å². The van der Waals surface area contributed by atoms with Crippen LogP contribution in [0.4, 0.5) is 5.69 Å². The predicted molar refractivity (Wildman–Crippen MR) is 182 cm³/mol. The minimum absolute atomic E-state index is 0.0296. The Morgan fingerprint density at radius 1 is 1.11 bits per heavy atom. The van der Waals surface area contributed by atoms with Gasteiger partial charge in [0.1, 0.15) is 0 Å². The summed E-state index contributed by atoms with van der Waals surface area (Å²) in [6.07, 6.45) is 3.80. The number of nitro benzene ring substituents is 1. The number of allylic oxidation sites excluding steroid dienone is 1. The number of thiazole rings is 1. The average Bonchev–Trinajstić information content (AvgIpc) is 3.56. The summed E-state index contributed by atoms with van der Waals surface area (Å²) in [4.78, 5) is 43.5. The Bertz CT molecular complexity index is 2270. The number of halogens is 1. The van der Waals surface area contributed by atoms with Crippen molar-refractivity contribution in [1.29, 1.82) is 0 Å². The van der Waals surface area contributed by atoms with Gasteiger partial charge in [0.2, 0.25) is 0 Å². The van der Waals surface area contributed by atoms with E-state index in [2.05, 4.69) is 15.9 Å². The third-order valence-electron chi connectivity index (χ3n) is 7.92. The summed E-state index contributed by atoms with van der Waals surface area (Å²) in [6.45, 7) is 4.09. The van der Waals surface area contributed by atoms with E-state index in [-0.39, 0.29) is 23.4 Å². The molecular formula is C34H29BrN4O7S. The number of non-ortho nitro benzene ring substituents is 1. The summed E-state index contributed by atoms with van der Waals surface area (Å²) in [5, 5.41) is 12.1. The van der Waals surface area contributed by atoms with E-state index in [1.54, 1.807) is 38.1 Å². The highest BCUT2D eigenvalue weighted by molar-refractivity contribution is 9.10. The van der Waals surface area contributed by atoms with Crippen LogP contribution in [0.15, 0.2) is 92.4 Å². The maximum atomic E-state index is 14.3. The molecule has 0 radical (unpaired) electrons. The van der Waals surface area contributed by atoms with Crippen LogP contribution in [0.25, 0.3) is 17.0 Å². The highest BCUT2D eigenvalue weighted by atomic mass is 79.9. The van der Waals surface area contributed by atoms with Crippen LogP contribution < -0.4 is 24.4 Å². The summed E-state index contributed by atoms with van der Waals surface area (Å²) in [6, 6.07) is 16.9. The zero-order valence-electron chi connectivity index (χ0n) is 25.9. The second kappa shape index (κ2) is 13.0. The zero-order valence-corrected chi connectivity index (χ0v) is 28.3. The van der Waals surface area contributed by atoms with Crippen LogP contribution in [0.3, 0.4) is 0 Å². The maximum Gasteiger partial charge on any atom is 0.338 e. The number of esters is 1. The average molecular weight is 718 g/mol. The van der Waals surface area contributed by atoms with Crippen LogP contribution >= 0.6 is 27.3 Å². The molecule has 13 heteroatoms. The van der Waals surface area contributed by atoms with Gasteiger partial charge in [-0.1, -0.05) is 57.6 Å². The first kappa shape index (κ1) is 32.0. The third kappa shape index (κ3) is 5.87. The fraction of sp³-hybridized carbons (Fsp3) is 0.206. The molecule has 0 N–H and O–H groups in total. The highest BCUT2D eigenvalue weighted by Gasteiger charge is 2.35. The van der Waals surface area contributed by atoms with Gasteiger partial charge in [-0.15, -0.1) is 0 Å². The van der Waals surface area contributed by atoms with Crippen molar-refractivity contribution in [3.63, 3.8) is 0 Å². The lowest BCUT2D eigenvalue weighted by molar-refractivity contribution is -0.384. The molecule has 1 atom stereocenters. The summed E-state index contributed by atoms with van der Waals surface area (Å²) < 4.78 is 21.1. The van der Waals surface area contributed by atoms with Crippen molar-refractivity contribution in [3.8, 4) is 11.5 Å². The Morgan fingerprint density at radius 3 is 2.49 bits per heavy atom. The number of ether oxygens (including phenoxy) is 3. The number of carbonyl (C=O) groups excluding carboxylic acids is 1. The molecule has 0 bridgehead atoms. The predicted octanol–water partition coefficient (Wildman–Crippen LogP) is 5.49. The van der Waals surface area contributed by atoms with Gasteiger partial charge in [-0.3, -0.25) is 19.5 Å². The van der Waals surface area contributed by atoms with Gasteiger partial charge in [0.15, 0.2) is 16.3 Å². The van der Waals surface area contributed by atoms with Gasteiger partial charge in [0.05, 0.1) is 47.6 Å². The van der Waals surface area contributed by atoms with E-state index in [9.17, 15) is 19.7 Å². The number of hydrogen-bond acceptors (Lipinski definition) is 9. The molecule has 0 aliphatic carbocycles. The van der Waals surface area contributed by atoms with Crippen LogP contribution in [0, 0.1) is 10.1 Å². The van der Waals surface area contributed by atoms with Crippen molar-refractivity contribution in [2.75, 3.05) is 20.8 Å². The van der Waals surface area contributed by atoms with E-state index in [1.807, 2.05) is 41.1 Å². The quantitative estimate of drug-likeness (QED) is 0.112. The standard InChI is InChI=1S/C34H29BrN4O7S/c1-5-46-33(41)30-19(2)36-34-38(31(30)24-15-27(44-3)28(45-4)16-25(24)35)32(40)29(47-34)14-21-18-37(26-9-7-6-8-23(21)26)17-20-10-12-22(13-11-20)39(42)43/h6-16,18,31H,5,17H2,1-4H3/b29-14-/t31-/m0/s1. The second-order valence-electron chi connectivity index (χ2n) is 10.7. The van der Waals surface area contributed by atoms with Gasteiger partial charge in [0.25, 0.3) is 11.2 Å². The molecule has 2 aromatic heterocycles. The van der Waals surface area contributed by atoms with Crippen LogP contribution in [-0.2, 0) is 16.1 Å². The summed E-state index contributed by atoms with van der Waals surface area (Å²) in [5.41, 5.74) is 3.66. The van der Waals surface area contributed by atoms with E-state index in [4.69, 9.17) is 19.2 Å². The fourth-order valence-electron chi connectivity index (χ4n) is 5.75. The maximum absolute atomic E-state index is 14.3. The molecule has 0 saturated carbocycles. The minimum Gasteiger partial charge on any atom is -0.493 e. The van der Waals surface area contributed by atoms with Gasteiger partial charge >= 0.3 is 5.97 Å². The molecule has 1 aliphatic rings. The smallest absolute Gasteiger partial charge is 0.338 e. The Balaban J connectivity index is 1.51. The van der Waals surface area contributed by atoms with Crippen molar-refractivity contribution in [2.24, 2.45) is 4.99 Å². The molecule has 5 aromatic rings. The monoisotopic (exact) mass is 716 g/mol. The Morgan fingerprint density at radius 2 is 1.81 bits per heavy atom. The summed E-state index contributed by atoms with van der Waals surface area (Å²) in [5.74, 6) is 0.356. The number of fused-ring (bicyclic) bond motifs is 2. The van der Waals surface area contributed by atoms with Gasteiger partial charge in [0, 0.05) is 45.8 Å². The van der Waals surface area contributed by atoms with Crippen molar-refractivity contribution in [3.05, 3.63) is 129 Å². The van der Waals surface area contributed by atoms with Crippen molar-refractivity contribution in [2.45, 2.75) is 26.4 Å². The first-order valence-corrected chi connectivity index (χ1v) is 16.2. The van der Waals surface area contributed by atoms with Crippen molar-refractivity contribution < 1.29 is 23.9 Å². The number of aromatic nitrogens is 2. The number of hydrogen-bond donors (Lipinski definition) is 0. The van der Waals surface area contributed by atoms with Gasteiger partial charge in [-0.05, 0) is 49.2 Å². The minimum atomic E-state index is -0.856. The Kier molecular flexibility index (Phi) is 8.84. The largest absolute Gasteiger partial charge is 0.493 e. The number of para-hydroxylation sites is 1. The number of rotatable bonds is 9. The van der Waals surface area contributed by atoms with E-state index < -0.39 is 16.9 Å². The van der Waals surface area contributed by atoms with Crippen LogP contribution in [-0.4, -0.2) is 40.9 Å². The molecule has 0 unspecified atom stereocenters. The molecule has 0 amide bonds. The number of benzene rings is 3. The van der Waals surface area contributed by atoms with Crippen molar-refractivity contribution in [1.82, 2.24) is 9.13 Å². The Hall–Kier alpha value is -5.01. The Labute approximate surface area is 280 Å².